The third-order valence-corrected chi connectivity index (χ3v) is 6.21. The van der Waals surface area contributed by atoms with Gasteiger partial charge in [0, 0.05) is 10.9 Å². The summed E-state index contributed by atoms with van der Waals surface area (Å²) in [6, 6.07) is 14.3. The van der Waals surface area contributed by atoms with Gasteiger partial charge in [-0.05, 0) is 23.1 Å². The molecule has 0 aliphatic carbocycles. The number of methoxy groups -OCH3 is 1. The van der Waals surface area contributed by atoms with E-state index in [0.717, 1.165) is 7.11 Å². The number of halogens is 4. The van der Waals surface area contributed by atoms with Crippen LogP contribution in [0.2, 0.25) is 0 Å². The maximum Gasteiger partial charge on any atom is 0.471 e. The number of benzene rings is 2. The Balaban J connectivity index is 2.27. The number of amides is 1. The molecule has 1 aliphatic heterocycles. The van der Waals surface area contributed by atoms with E-state index in [-0.39, 0.29) is 6.42 Å². The third kappa shape index (κ3) is 4.39. The summed E-state index contributed by atoms with van der Waals surface area (Å²) >= 11 is 3.38. The SMILES string of the molecule is COC(=O)[C@@]1(Cc2ccccc2Br)C=C[C@H](C)[C@@H](c2ccccc2)N1C(=O)C(F)(F)F. The summed E-state index contributed by atoms with van der Waals surface area (Å²) in [6.07, 6.45) is -2.32. The van der Waals surface area contributed by atoms with Crippen molar-refractivity contribution in [3.05, 3.63) is 82.3 Å². The zero-order valence-corrected chi connectivity index (χ0v) is 18.5. The number of esters is 1. The van der Waals surface area contributed by atoms with E-state index in [4.69, 9.17) is 4.74 Å². The van der Waals surface area contributed by atoms with E-state index in [2.05, 4.69) is 15.9 Å². The number of hydrogen-bond acceptors (Lipinski definition) is 3. The van der Waals surface area contributed by atoms with E-state index >= 15 is 0 Å². The summed E-state index contributed by atoms with van der Waals surface area (Å²) < 4.78 is 47.0. The maximum absolute atomic E-state index is 13.8. The Kier molecular flexibility index (Phi) is 6.59. The number of carbonyl (C=O) groups is 2. The highest BCUT2D eigenvalue weighted by Gasteiger charge is 2.58. The van der Waals surface area contributed by atoms with Crippen LogP contribution in [0.15, 0.2) is 71.2 Å². The number of carbonyl (C=O) groups excluding carboxylic acids is 2. The van der Waals surface area contributed by atoms with Crippen molar-refractivity contribution in [2.45, 2.75) is 31.1 Å². The number of hydrogen-bond donors (Lipinski definition) is 0. The predicted molar refractivity (Wildman–Crippen MR) is 113 cm³/mol. The first kappa shape index (κ1) is 23.1. The van der Waals surface area contributed by atoms with Gasteiger partial charge in [-0.2, -0.15) is 13.2 Å². The van der Waals surface area contributed by atoms with Crippen LogP contribution in [-0.2, 0) is 20.7 Å². The van der Waals surface area contributed by atoms with Crippen molar-refractivity contribution in [1.29, 1.82) is 0 Å². The molecule has 8 heteroatoms. The second-order valence-corrected chi connectivity index (χ2v) is 8.29. The quantitative estimate of drug-likeness (QED) is 0.430. The van der Waals surface area contributed by atoms with Crippen molar-refractivity contribution < 1.29 is 27.5 Å². The second-order valence-electron chi connectivity index (χ2n) is 7.43. The van der Waals surface area contributed by atoms with Gasteiger partial charge in [-0.1, -0.05) is 83.5 Å². The van der Waals surface area contributed by atoms with Crippen LogP contribution >= 0.6 is 15.9 Å². The molecule has 164 valence electrons. The Hall–Kier alpha value is -2.61. The fourth-order valence-corrected chi connectivity index (χ4v) is 4.44. The molecule has 3 atom stereocenters. The van der Waals surface area contributed by atoms with Crippen LogP contribution < -0.4 is 0 Å². The standard InChI is InChI=1S/C23H21BrF3NO3/c1-15-12-13-22(21(30)31-2,14-17-10-6-7-11-18(17)24)28(20(29)23(25,26)27)19(15)16-8-4-3-5-9-16/h3-13,15,19H,14H2,1-2H3/t15-,19-,22-/m0/s1. The van der Waals surface area contributed by atoms with Crippen LogP contribution in [0.1, 0.15) is 24.1 Å². The van der Waals surface area contributed by atoms with Crippen molar-refractivity contribution >= 4 is 27.8 Å². The fraction of sp³-hybridized carbons (Fsp3) is 0.304. The minimum atomic E-state index is -5.18. The summed E-state index contributed by atoms with van der Waals surface area (Å²) in [5, 5.41) is 0. The summed E-state index contributed by atoms with van der Waals surface area (Å²) in [5.74, 6) is -3.49. The molecule has 31 heavy (non-hydrogen) atoms. The first-order valence-corrected chi connectivity index (χ1v) is 10.4. The molecule has 1 amide bonds. The van der Waals surface area contributed by atoms with Crippen molar-refractivity contribution in [3.63, 3.8) is 0 Å². The molecule has 0 bridgehead atoms. The minimum absolute atomic E-state index is 0.185. The van der Waals surface area contributed by atoms with E-state index in [1.54, 1.807) is 67.6 Å². The van der Waals surface area contributed by atoms with Gasteiger partial charge in [-0.15, -0.1) is 0 Å². The first-order valence-electron chi connectivity index (χ1n) is 9.58. The zero-order chi connectivity index (χ0) is 22.8. The van der Waals surface area contributed by atoms with Gasteiger partial charge in [-0.3, -0.25) is 4.79 Å². The maximum atomic E-state index is 13.8. The van der Waals surface area contributed by atoms with E-state index in [1.165, 1.54) is 6.08 Å². The molecule has 0 spiro atoms. The highest BCUT2D eigenvalue weighted by Crippen LogP contribution is 2.44. The average Bonchev–Trinajstić information content (AvgIpc) is 2.75. The van der Waals surface area contributed by atoms with Crippen molar-refractivity contribution in [2.75, 3.05) is 7.11 Å². The van der Waals surface area contributed by atoms with Crippen LogP contribution in [0.5, 0.6) is 0 Å². The Labute approximate surface area is 186 Å². The summed E-state index contributed by atoms with van der Waals surface area (Å²) in [5.41, 5.74) is -0.908. The van der Waals surface area contributed by atoms with Gasteiger partial charge in [0.25, 0.3) is 0 Å². The van der Waals surface area contributed by atoms with Gasteiger partial charge in [0.05, 0.1) is 13.2 Å². The largest absolute Gasteiger partial charge is 0.471 e. The molecule has 0 unspecified atom stereocenters. The lowest BCUT2D eigenvalue weighted by Crippen LogP contribution is -2.64. The second kappa shape index (κ2) is 8.86. The van der Waals surface area contributed by atoms with Gasteiger partial charge < -0.3 is 9.64 Å². The molecule has 0 saturated carbocycles. The van der Waals surface area contributed by atoms with Crippen molar-refractivity contribution in [1.82, 2.24) is 4.90 Å². The molecular weight excluding hydrogens is 475 g/mol. The Bertz CT molecular complexity index is 993. The minimum Gasteiger partial charge on any atom is -0.467 e. The number of ether oxygens (including phenoxy) is 1. The Morgan fingerprint density at radius 2 is 1.71 bits per heavy atom. The van der Waals surface area contributed by atoms with Crippen molar-refractivity contribution in [3.8, 4) is 0 Å². The molecule has 1 heterocycles. The molecule has 4 nitrogen and oxygen atoms in total. The van der Waals surface area contributed by atoms with Gasteiger partial charge in [-0.25, -0.2) is 4.79 Å². The van der Waals surface area contributed by atoms with Crippen molar-refractivity contribution in [2.24, 2.45) is 5.92 Å². The monoisotopic (exact) mass is 495 g/mol. The number of nitrogens with zero attached hydrogens (tertiary/aromatic N) is 1. The molecule has 2 aromatic carbocycles. The normalized spacial score (nSPS) is 23.5. The predicted octanol–water partition coefficient (Wildman–Crippen LogP) is 5.24. The fourth-order valence-electron chi connectivity index (χ4n) is 4.02. The molecule has 2 aromatic rings. The van der Waals surface area contributed by atoms with Crippen LogP contribution in [0.25, 0.3) is 0 Å². The van der Waals surface area contributed by atoms with E-state index < -0.39 is 35.6 Å². The number of alkyl halides is 3. The molecule has 0 fully saturated rings. The average molecular weight is 496 g/mol. The van der Waals surface area contributed by atoms with E-state index in [1.807, 2.05) is 0 Å². The highest BCUT2D eigenvalue weighted by atomic mass is 79.9. The van der Waals surface area contributed by atoms with Gasteiger partial charge in [0.1, 0.15) is 0 Å². The van der Waals surface area contributed by atoms with Crippen LogP contribution in [0.4, 0.5) is 13.2 Å². The smallest absolute Gasteiger partial charge is 0.467 e. The molecule has 0 N–H and O–H groups in total. The Morgan fingerprint density at radius 3 is 2.29 bits per heavy atom. The van der Waals surface area contributed by atoms with Gasteiger partial charge >= 0.3 is 18.1 Å². The molecular formula is C23H21BrF3NO3. The van der Waals surface area contributed by atoms with E-state index in [0.29, 0.717) is 20.5 Å². The van der Waals surface area contributed by atoms with Gasteiger partial charge in [0.15, 0.2) is 5.54 Å². The Morgan fingerprint density at radius 1 is 1.10 bits per heavy atom. The highest BCUT2D eigenvalue weighted by molar-refractivity contribution is 9.10. The lowest BCUT2D eigenvalue weighted by atomic mass is 9.78. The molecule has 0 aromatic heterocycles. The lowest BCUT2D eigenvalue weighted by molar-refractivity contribution is -0.199. The zero-order valence-electron chi connectivity index (χ0n) is 16.9. The number of rotatable bonds is 4. The summed E-state index contributed by atoms with van der Waals surface area (Å²) in [7, 11) is 1.10. The molecule has 3 rings (SSSR count). The van der Waals surface area contributed by atoms with Crippen LogP contribution in [0.3, 0.4) is 0 Å². The topological polar surface area (TPSA) is 46.6 Å². The molecule has 0 saturated heterocycles. The van der Waals surface area contributed by atoms with Crippen LogP contribution in [-0.4, -0.2) is 35.6 Å². The first-order chi connectivity index (χ1) is 14.6. The van der Waals surface area contributed by atoms with E-state index in [9.17, 15) is 22.8 Å². The third-order valence-electron chi connectivity index (χ3n) is 5.44. The molecule has 0 radical (unpaired) electrons. The summed E-state index contributed by atoms with van der Waals surface area (Å²) in [6.45, 7) is 1.71. The summed E-state index contributed by atoms with van der Waals surface area (Å²) in [4.78, 5) is 26.5. The van der Waals surface area contributed by atoms with Gasteiger partial charge in [0.2, 0.25) is 0 Å². The lowest BCUT2D eigenvalue weighted by Gasteiger charge is -2.49. The molecule has 1 aliphatic rings. The van der Waals surface area contributed by atoms with Crippen LogP contribution in [0, 0.1) is 5.92 Å².